The third-order valence-corrected chi connectivity index (χ3v) is 5.77. The summed E-state index contributed by atoms with van der Waals surface area (Å²) < 4.78 is 28.2. The molecule has 1 aliphatic rings. The molecule has 1 unspecified atom stereocenters. The van der Waals surface area contributed by atoms with E-state index in [4.69, 9.17) is 5.73 Å². The van der Waals surface area contributed by atoms with Crippen molar-refractivity contribution in [3.05, 3.63) is 5.69 Å². The monoisotopic (exact) mass is 288 g/mol. The Kier molecular flexibility index (Phi) is 3.84. The van der Waals surface area contributed by atoms with Crippen LogP contribution >= 0.6 is 0 Å². The van der Waals surface area contributed by atoms with Gasteiger partial charge in [0, 0.05) is 19.6 Å². The molecule has 1 aromatic rings. The van der Waals surface area contributed by atoms with Gasteiger partial charge in [-0.1, -0.05) is 6.42 Å². The Labute approximate surface area is 113 Å². The van der Waals surface area contributed by atoms with Crippen LogP contribution in [0.3, 0.4) is 0 Å². The second kappa shape index (κ2) is 5.10. The molecule has 1 aliphatic heterocycles. The van der Waals surface area contributed by atoms with Crippen molar-refractivity contribution in [1.29, 1.82) is 0 Å². The van der Waals surface area contributed by atoms with Crippen molar-refractivity contribution in [3.63, 3.8) is 0 Å². The van der Waals surface area contributed by atoms with Gasteiger partial charge in [0.1, 0.15) is 4.90 Å². The van der Waals surface area contributed by atoms with E-state index < -0.39 is 10.0 Å². The zero-order chi connectivity index (χ0) is 14.2. The fourth-order valence-electron chi connectivity index (χ4n) is 2.52. The molecule has 3 N–H and O–H groups in total. The third-order valence-electron chi connectivity index (χ3n) is 3.65. The molecule has 0 bridgehead atoms. The van der Waals surface area contributed by atoms with Gasteiger partial charge < -0.3 is 10.8 Å². The van der Waals surface area contributed by atoms with Crippen molar-refractivity contribution in [2.45, 2.75) is 37.1 Å². The largest absolute Gasteiger partial charge is 0.395 e. The molecule has 0 aliphatic carbocycles. The van der Waals surface area contributed by atoms with Gasteiger partial charge in [0.05, 0.1) is 12.3 Å². The van der Waals surface area contributed by atoms with Gasteiger partial charge in [-0.3, -0.25) is 4.68 Å². The highest BCUT2D eigenvalue weighted by Gasteiger charge is 2.36. The smallest absolute Gasteiger partial charge is 0.248 e. The Hall–Kier alpha value is -1.12. The molecule has 0 spiro atoms. The minimum atomic E-state index is -3.70. The Balaban J connectivity index is 2.46. The molecule has 0 amide bonds. The van der Waals surface area contributed by atoms with Gasteiger partial charge in [-0.05, 0) is 19.8 Å². The number of anilines is 1. The zero-order valence-corrected chi connectivity index (χ0v) is 12.0. The quantitative estimate of drug-likeness (QED) is 0.805. The summed E-state index contributed by atoms with van der Waals surface area (Å²) in [6.45, 7) is 1.92. The van der Waals surface area contributed by atoms with Crippen LogP contribution in [0.15, 0.2) is 4.90 Å². The SMILES string of the molecule is Cc1c(S(=O)(=O)N2CCCCC2CO)c(N)nn1C. The molecule has 0 radical (unpaired) electrons. The number of hydrogen-bond acceptors (Lipinski definition) is 5. The van der Waals surface area contributed by atoms with E-state index >= 15 is 0 Å². The second-order valence-corrected chi connectivity index (χ2v) is 6.70. The van der Waals surface area contributed by atoms with Crippen molar-refractivity contribution in [2.24, 2.45) is 7.05 Å². The summed E-state index contributed by atoms with van der Waals surface area (Å²) in [5.74, 6) is 0.0160. The number of sulfonamides is 1. The molecule has 19 heavy (non-hydrogen) atoms. The van der Waals surface area contributed by atoms with Gasteiger partial charge in [-0.2, -0.15) is 9.40 Å². The number of aliphatic hydroxyl groups is 1. The average molecular weight is 288 g/mol. The lowest BCUT2D eigenvalue weighted by atomic mass is 10.1. The van der Waals surface area contributed by atoms with Crippen LogP contribution < -0.4 is 5.73 Å². The molecule has 1 saturated heterocycles. The van der Waals surface area contributed by atoms with Crippen LogP contribution in [-0.4, -0.2) is 46.8 Å². The number of nitrogen functional groups attached to an aromatic ring is 1. The van der Waals surface area contributed by atoms with Crippen molar-refractivity contribution in [1.82, 2.24) is 14.1 Å². The topological polar surface area (TPSA) is 101 Å². The number of hydrogen-bond donors (Lipinski definition) is 2. The van der Waals surface area contributed by atoms with Crippen molar-refractivity contribution in [3.8, 4) is 0 Å². The maximum absolute atomic E-state index is 12.7. The van der Waals surface area contributed by atoms with Crippen LogP contribution in [0, 0.1) is 6.92 Å². The number of nitrogens with zero attached hydrogens (tertiary/aromatic N) is 3. The fourth-order valence-corrected chi connectivity index (χ4v) is 4.50. The highest BCUT2D eigenvalue weighted by molar-refractivity contribution is 7.89. The molecular weight excluding hydrogens is 268 g/mol. The molecule has 7 nitrogen and oxygen atoms in total. The molecule has 0 aromatic carbocycles. The minimum Gasteiger partial charge on any atom is -0.395 e. The predicted molar refractivity (Wildman–Crippen MR) is 71.0 cm³/mol. The van der Waals surface area contributed by atoms with E-state index in [0.717, 1.165) is 12.8 Å². The molecule has 1 aromatic heterocycles. The summed E-state index contributed by atoms with van der Waals surface area (Å²) in [4.78, 5) is 0.0651. The molecule has 2 rings (SSSR count). The summed E-state index contributed by atoms with van der Waals surface area (Å²) in [6, 6.07) is -0.363. The lowest BCUT2D eigenvalue weighted by molar-refractivity contribution is 0.155. The number of aryl methyl sites for hydroxylation is 1. The number of aliphatic hydroxyl groups excluding tert-OH is 1. The van der Waals surface area contributed by atoms with Gasteiger partial charge in [0.2, 0.25) is 10.0 Å². The standard InChI is InChI=1S/C11H20N4O3S/c1-8-10(11(12)13-14(8)2)19(17,18)15-6-4-3-5-9(15)7-16/h9,16H,3-7H2,1-2H3,(H2,12,13). The Morgan fingerprint density at radius 1 is 1.47 bits per heavy atom. The highest BCUT2D eigenvalue weighted by Crippen LogP contribution is 2.29. The first-order valence-electron chi connectivity index (χ1n) is 6.31. The van der Waals surface area contributed by atoms with E-state index in [0.29, 0.717) is 18.7 Å². The van der Waals surface area contributed by atoms with Crippen molar-refractivity contribution >= 4 is 15.8 Å². The average Bonchev–Trinajstić information content (AvgIpc) is 2.63. The lowest BCUT2D eigenvalue weighted by Crippen LogP contribution is -2.45. The van der Waals surface area contributed by atoms with Gasteiger partial charge in [-0.15, -0.1) is 0 Å². The summed E-state index contributed by atoms with van der Waals surface area (Å²) in [5.41, 5.74) is 6.24. The van der Waals surface area contributed by atoms with Crippen LogP contribution in [0.25, 0.3) is 0 Å². The predicted octanol–water partition coefficient (Wildman–Crippen LogP) is -0.154. The van der Waals surface area contributed by atoms with E-state index in [-0.39, 0.29) is 23.4 Å². The van der Waals surface area contributed by atoms with Gasteiger partial charge >= 0.3 is 0 Å². The van der Waals surface area contributed by atoms with Crippen molar-refractivity contribution in [2.75, 3.05) is 18.9 Å². The molecule has 0 saturated carbocycles. The molecule has 1 fully saturated rings. The van der Waals surface area contributed by atoms with E-state index in [1.54, 1.807) is 14.0 Å². The van der Waals surface area contributed by atoms with Gasteiger partial charge in [0.25, 0.3) is 0 Å². The van der Waals surface area contributed by atoms with Crippen LogP contribution in [0.5, 0.6) is 0 Å². The molecule has 108 valence electrons. The first-order valence-corrected chi connectivity index (χ1v) is 7.75. The fraction of sp³-hybridized carbons (Fsp3) is 0.727. The molecule has 2 heterocycles. The van der Waals surface area contributed by atoms with Crippen LogP contribution in [-0.2, 0) is 17.1 Å². The third kappa shape index (κ3) is 2.35. The Morgan fingerprint density at radius 3 is 2.68 bits per heavy atom. The number of nitrogens with two attached hydrogens (primary N) is 1. The minimum absolute atomic E-state index is 0.0160. The van der Waals surface area contributed by atoms with Gasteiger partial charge in [-0.25, -0.2) is 8.42 Å². The lowest BCUT2D eigenvalue weighted by Gasteiger charge is -2.33. The molecular formula is C11H20N4O3S. The normalized spacial score (nSPS) is 21.7. The number of aromatic nitrogens is 2. The van der Waals surface area contributed by atoms with Crippen molar-refractivity contribution < 1.29 is 13.5 Å². The first-order chi connectivity index (χ1) is 8.89. The highest BCUT2D eigenvalue weighted by atomic mass is 32.2. The summed E-state index contributed by atoms with van der Waals surface area (Å²) in [7, 11) is -2.04. The Bertz CT molecular complexity index is 567. The molecule has 1 atom stereocenters. The summed E-state index contributed by atoms with van der Waals surface area (Å²) in [6.07, 6.45) is 2.41. The Morgan fingerprint density at radius 2 is 2.16 bits per heavy atom. The van der Waals surface area contributed by atoms with E-state index in [9.17, 15) is 13.5 Å². The number of rotatable bonds is 3. The zero-order valence-electron chi connectivity index (χ0n) is 11.2. The first kappa shape index (κ1) is 14.3. The van der Waals surface area contributed by atoms with Gasteiger partial charge in [0.15, 0.2) is 5.82 Å². The van der Waals surface area contributed by atoms with E-state index in [1.165, 1.54) is 8.99 Å². The maximum Gasteiger partial charge on any atom is 0.248 e. The summed E-state index contributed by atoms with van der Waals surface area (Å²) in [5, 5.41) is 13.3. The summed E-state index contributed by atoms with van der Waals surface area (Å²) >= 11 is 0. The number of piperidine rings is 1. The van der Waals surface area contributed by atoms with E-state index in [1.807, 2.05) is 0 Å². The maximum atomic E-state index is 12.7. The second-order valence-electron chi connectivity index (χ2n) is 4.87. The van der Waals surface area contributed by atoms with Crippen LogP contribution in [0.2, 0.25) is 0 Å². The molecule has 8 heteroatoms. The van der Waals surface area contributed by atoms with Crippen LogP contribution in [0.1, 0.15) is 25.0 Å². The van der Waals surface area contributed by atoms with E-state index in [2.05, 4.69) is 5.10 Å². The van der Waals surface area contributed by atoms with Crippen LogP contribution in [0.4, 0.5) is 5.82 Å².